The first-order valence-electron chi connectivity index (χ1n) is 8.40. The van der Waals surface area contributed by atoms with E-state index in [0.717, 1.165) is 0 Å². The molecule has 1 atom stereocenters. The summed E-state index contributed by atoms with van der Waals surface area (Å²) in [5.41, 5.74) is 1.36. The van der Waals surface area contributed by atoms with Gasteiger partial charge in [0.15, 0.2) is 0 Å². The molecule has 12 heteroatoms. The largest absolute Gasteiger partial charge is 0.478 e. The van der Waals surface area contributed by atoms with E-state index < -0.39 is 27.7 Å². The van der Waals surface area contributed by atoms with Crippen molar-refractivity contribution in [3.05, 3.63) is 58.2 Å². The average Bonchev–Trinajstić information content (AvgIpc) is 2.70. The molecule has 0 bridgehead atoms. The Labute approximate surface area is 181 Å². The maximum absolute atomic E-state index is 11.7. The second-order valence-corrected chi connectivity index (χ2v) is 7.71. The van der Waals surface area contributed by atoms with Crippen molar-refractivity contribution in [2.45, 2.75) is 0 Å². The fraction of sp³-hybridized carbons (Fsp3) is 0.111. The van der Waals surface area contributed by atoms with Crippen LogP contribution in [0.3, 0.4) is 0 Å². The SMILES string of the molecule is O=C(O)c1cc(Cl)ccc1Nc1c(N(CO)CO[PH](=O)O)cnc2ccc(Cl)cc12. The summed E-state index contributed by atoms with van der Waals surface area (Å²) >= 11 is 12.1. The molecule has 0 saturated carbocycles. The highest BCUT2D eigenvalue weighted by Gasteiger charge is 2.19. The first-order chi connectivity index (χ1) is 14.3. The quantitative estimate of drug-likeness (QED) is 0.283. The molecule has 1 aromatic heterocycles. The minimum absolute atomic E-state index is 0.0762. The van der Waals surface area contributed by atoms with E-state index in [1.807, 2.05) is 0 Å². The van der Waals surface area contributed by atoms with Crippen LogP contribution in [0.1, 0.15) is 10.4 Å². The molecule has 0 amide bonds. The zero-order valence-electron chi connectivity index (χ0n) is 15.2. The number of nitrogens with one attached hydrogen (secondary N) is 1. The number of rotatable bonds is 8. The molecular formula is C18H16Cl2N3O6P. The van der Waals surface area contributed by atoms with Gasteiger partial charge in [-0.25, -0.2) is 4.79 Å². The van der Waals surface area contributed by atoms with Crippen LogP contribution in [0.25, 0.3) is 10.9 Å². The Balaban J connectivity index is 2.19. The van der Waals surface area contributed by atoms with E-state index in [0.29, 0.717) is 27.3 Å². The van der Waals surface area contributed by atoms with Gasteiger partial charge in [-0.3, -0.25) is 14.1 Å². The van der Waals surface area contributed by atoms with Gasteiger partial charge in [0.2, 0.25) is 0 Å². The van der Waals surface area contributed by atoms with Crippen molar-refractivity contribution in [2.24, 2.45) is 0 Å². The topological polar surface area (TPSA) is 132 Å². The summed E-state index contributed by atoms with van der Waals surface area (Å²) in [6.07, 6.45) is 1.42. The number of hydrogen-bond acceptors (Lipinski definition) is 7. The van der Waals surface area contributed by atoms with E-state index in [4.69, 9.17) is 32.6 Å². The Morgan fingerprint density at radius 3 is 2.57 bits per heavy atom. The fourth-order valence-electron chi connectivity index (χ4n) is 2.78. The number of aromatic nitrogens is 1. The highest BCUT2D eigenvalue weighted by molar-refractivity contribution is 7.32. The summed E-state index contributed by atoms with van der Waals surface area (Å²) in [6.45, 7) is -0.969. The van der Waals surface area contributed by atoms with Gasteiger partial charge in [-0.15, -0.1) is 0 Å². The van der Waals surface area contributed by atoms with Gasteiger partial charge in [-0.1, -0.05) is 23.2 Å². The second-order valence-electron chi connectivity index (χ2n) is 6.02. The lowest BCUT2D eigenvalue weighted by Gasteiger charge is -2.25. The highest BCUT2D eigenvalue weighted by atomic mass is 35.5. The molecule has 0 fully saturated rings. The number of carbonyl (C=O) groups is 1. The van der Waals surface area contributed by atoms with Gasteiger partial charge in [0.25, 0.3) is 0 Å². The van der Waals surface area contributed by atoms with Crippen LogP contribution < -0.4 is 10.2 Å². The van der Waals surface area contributed by atoms with Crippen molar-refractivity contribution in [2.75, 3.05) is 23.7 Å². The highest BCUT2D eigenvalue weighted by Crippen LogP contribution is 2.37. The maximum atomic E-state index is 11.7. The number of aromatic carboxylic acids is 1. The number of pyridine rings is 1. The molecule has 1 heterocycles. The molecule has 0 spiro atoms. The van der Waals surface area contributed by atoms with Gasteiger partial charge in [-0.05, 0) is 36.4 Å². The monoisotopic (exact) mass is 471 g/mol. The number of anilines is 3. The van der Waals surface area contributed by atoms with E-state index in [1.54, 1.807) is 18.2 Å². The molecule has 30 heavy (non-hydrogen) atoms. The summed E-state index contributed by atoms with van der Waals surface area (Å²) in [7, 11) is -3.25. The fourth-order valence-corrected chi connectivity index (χ4v) is 3.39. The van der Waals surface area contributed by atoms with Gasteiger partial charge in [0, 0.05) is 15.4 Å². The Morgan fingerprint density at radius 2 is 1.90 bits per heavy atom. The normalized spacial score (nSPS) is 12.0. The van der Waals surface area contributed by atoms with Gasteiger partial charge >= 0.3 is 14.2 Å². The third-order valence-electron chi connectivity index (χ3n) is 4.14. The number of nitrogens with zero attached hydrogens (tertiary/aromatic N) is 2. The zero-order valence-corrected chi connectivity index (χ0v) is 17.7. The van der Waals surface area contributed by atoms with Crippen LogP contribution in [0, 0.1) is 0 Å². The molecule has 9 nitrogen and oxygen atoms in total. The third-order valence-corrected chi connectivity index (χ3v) is 4.98. The summed E-state index contributed by atoms with van der Waals surface area (Å²) in [5.74, 6) is -1.20. The molecule has 0 aliphatic carbocycles. The van der Waals surface area contributed by atoms with Gasteiger partial charge in [0.05, 0.1) is 34.3 Å². The van der Waals surface area contributed by atoms with Gasteiger partial charge in [0.1, 0.15) is 13.5 Å². The molecule has 158 valence electrons. The number of carboxylic acids is 1. The van der Waals surface area contributed by atoms with Crippen LogP contribution in [0.4, 0.5) is 17.1 Å². The number of fused-ring (bicyclic) bond motifs is 1. The van der Waals surface area contributed by atoms with Crippen LogP contribution in [0.15, 0.2) is 42.6 Å². The number of benzene rings is 2. The lowest BCUT2D eigenvalue weighted by atomic mass is 10.1. The Morgan fingerprint density at radius 1 is 1.20 bits per heavy atom. The predicted molar refractivity (Wildman–Crippen MR) is 115 cm³/mol. The number of aliphatic hydroxyl groups excluding tert-OH is 1. The number of halogens is 2. The van der Waals surface area contributed by atoms with E-state index in [9.17, 15) is 19.6 Å². The standard InChI is InChI=1S/C18H16Cl2N3O6P/c19-10-1-3-14-12(5-10)17(16(7-21-14)23(8-24)9-29-30(27)28)22-15-4-2-11(20)6-13(15)18(25)26/h1-7,24,30H,8-9H2,(H,21,22)(H,25,26)(H,27,28). The van der Waals surface area contributed by atoms with Crippen molar-refractivity contribution in [1.82, 2.24) is 4.98 Å². The zero-order chi connectivity index (χ0) is 21.8. The molecule has 0 aliphatic rings. The average molecular weight is 472 g/mol. The summed E-state index contributed by atoms with van der Waals surface area (Å²) in [4.78, 5) is 26.2. The lowest BCUT2D eigenvalue weighted by Crippen LogP contribution is -2.27. The van der Waals surface area contributed by atoms with Gasteiger partial charge < -0.3 is 25.3 Å². The lowest BCUT2D eigenvalue weighted by molar-refractivity contribution is 0.0698. The Bertz CT molecular complexity index is 1130. The van der Waals surface area contributed by atoms with Crippen LogP contribution in [0.5, 0.6) is 0 Å². The molecule has 1 unspecified atom stereocenters. The van der Waals surface area contributed by atoms with E-state index >= 15 is 0 Å². The first kappa shape index (κ1) is 22.3. The van der Waals surface area contributed by atoms with E-state index in [2.05, 4.69) is 10.3 Å². The predicted octanol–water partition coefficient (Wildman–Crippen LogP) is 4.10. The molecule has 3 aromatic rings. The number of carboxylic acid groups (broad SMARTS) is 1. The van der Waals surface area contributed by atoms with E-state index in [-0.39, 0.29) is 16.3 Å². The Hall–Kier alpha value is -2.39. The summed E-state index contributed by atoms with van der Waals surface area (Å²) in [5, 5.41) is 23.5. The maximum Gasteiger partial charge on any atom is 0.337 e. The minimum atomic E-state index is -3.25. The molecule has 2 aromatic carbocycles. The molecule has 0 aliphatic heterocycles. The first-order valence-corrected chi connectivity index (χ1v) is 10.4. The van der Waals surface area contributed by atoms with Gasteiger partial charge in [-0.2, -0.15) is 0 Å². The van der Waals surface area contributed by atoms with E-state index in [1.165, 1.54) is 29.3 Å². The summed E-state index contributed by atoms with van der Waals surface area (Å²) < 4.78 is 15.7. The van der Waals surface area contributed by atoms with Crippen LogP contribution in [0.2, 0.25) is 10.0 Å². The van der Waals surface area contributed by atoms with Crippen LogP contribution in [-0.4, -0.2) is 39.5 Å². The van der Waals surface area contributed by atoms with Crippen molar-refractivity contribution in [1.29, 1.82) is 0 Å². The molecular weight excluding hydrogens is 456 g/mol. The van der Waals surface area contributed by atoms with Crippen LogP contribution in [-0.2, 0) is 9.09 Å². The number of aliphatic hydroxyl groups is 1. The number of hydrogen-bond donors (Lipinski definition) is 4. The van der Waals surface area contributed by atoms with Crippen molar-refractivity contribution in [3.63, 3.8) is 0 Å². The van der Waals surface area contributed by atoms with Crippen LogP contribution >= 0.6 is 31.5 Å². The van der Waals surface area contributed by atoms with Crippen molar-refractivity contribution < 1.29 is 29.0 Å². The molecule has 4 N–H and O–H groups in total. The van der Waals surface area contributed by atoms with Crippen molar-refractivity contribution in [3.8, 4) is 0 Å². The summed E-state index contributed by atoms with van der Waals surface area (Å²) in [6, 6.07) is 9.27. The minimum Gasteiger partial charge on any atom is -0.478 e. The molecule has 3 rings (SSSR count). The molecule has 0 radical (unpaired) electrons. The smallest absolute Gasteiger partial charge is 0.337 e. The molecule has 0 saturated heterocycles. The Kier molecular flexibility index (Phi) is 7.14. The second kappa shape index (κ2) is 9.61. The van der Waals surface area contributed by atoms with Crippen molar-refractivity contribution >= 4 is 65.4 Å². The third kappa shape index (κ3) is 5.02.